The van der Waals surface area contributed by atoms with Crippen LogP contribution in [0.3, 0.4) is 0 Å². The lowest BCUT2D eigenvalue weighted by atomic mass is 10.0. The quantitative estimate of drug-likeness (QED) is 0.381. The van der Waals surface area contributed by atoms with Crippen molar-refractivity contribution in [1.82, 2.24) is 15.0 Å². The molecule has 0 amide bonds. The predicted octanol–water partition coefficient (Wildman–Crippen LogP) is 5.44. The number of anilines is 1. The Hall–Kier alpha value is -3.52. The Morgan fingerprint density at radius 1 is 1.10 bits per heavy atom. The van der Waals surface area contributed by atoms with Crippen LogP contribution in [-0.2, 0) is 4.79 Å². The van der Waals surface area contributed by atoms with Gasteiger partial charge in [0.1, 0.15) is 0 Å². The molecule has 0 aliphatic heterocycles. The van der Waals surface area contributed by atoms with Crippen LogP contribution in [0.1, 0.15) is 20.3 Å². The molecule has 2 N–H and O–H groups in total. The first kappa shape index (κ1) is 20.7. The molecule has 0 saturated heterocycles. The lowest BCUT2D eigenvalue weighted by molar-refractivity contribution is -0.137. The second-order valence-corrected chi connectivity index (χ2v) is 8.47. The average molecular weight is 435 g/mol. The maximum absolute atomic E-state index is 11.3. The minimum Gasteiger partial charge on any atom is -0.481 e. The van der Waals surface area contributed by atoms with Gasteiger partial charge in [-0.15, -0.1) is 0 Å². The van der Waals surface area contributed by atoms with E-state index in [2.05, 4.69) is 15.3 Å². The van der Waals surface area contributed by atoms with Crippen molar-refractivity contribution < 1.29 is 14.3 Å². The van der Waals surface area contributed by atoms with Crippen LogP contribution in [0.25, 0.3) is 33.0 Å². The second-order valence-electron chi connectivity index (χ2n) is 7.47. The Morgan fingerprint density at radius 2 is 1.87 bits per heavy atom. The molecule has 0 aliphatic rings. The molecule has 7 nitrogen and oxygen atoms in total. The largest absolute Gasteiger partial charge is 0.481 e. The summed E-state index contributed by atoms with van der Waals surface area (Å²) in [4.78, 5) is 25.3. The summed E-state index contributed by atoms with van der Waals surface area (Å²) in [5, 5.41) is 13.3. The van der Waals surface area contributed by atoms with Gasteiger partial charge in [-0.25, -0.2) is 9.97 Å². The molecule has 0 spiro atoms. The van der Waals surface area contributed by atoms with E-state index in [1.165, 1.54) is 17.7 Å². The van der Waals surface area contributed by atoms with Gasteiger partial charge in [-0.2, -0.15) is 0 Å². The Kier molecular flexibility index (Phi) is 6.08. The van der Waals surface area contributed by atoms with Crippen molar-refractivity contribution in [1.29, 1.82) is 0 Å². The highest BCUT2D eigenvalue weighted by Crippen LogP contribution is 2.40. The Bertz CT molecular complexity index is 1140. The van der Waals surface area contributed by atoms with Crippen molar-refractivity contribution in [3.05, 3.63) is 61.4 Å². The third-order valence-electron chi connectivity index (χ3n) is 4.93. The molecule has 0 saturated carbocycles. The average Bonchev–Trinajstić information content (AvgIpc) is 3.44. The molecular formula is C23H22N4O3S. The van der Waals surface area contributed by atoms with Crippen LogP contribution in [0.15, 0.2) is 65.8 Å². The van der Waals surface area contributed by atoms with Crippen LogP contribution in [0.4, 0.5) is 5.13 Å². The molecule has 0 bridgehead atoms. The van der Waals surface area contributed by atoms with Crippen LogP contribution in [0, 0.1) is 5.92 Å². The summed E-state index contributed by atoms with van der Waals surface area (Å²) >= 11 is 1.50. The fraction of sp³-hybridized carbons (Fsp3) is 0.217. The summed E-state index contributed by atoms with van der Waals surface area (Å²) in [6, 6.07) is 11.6. The zero-order chi connectivity index (χ0) is 21.8. The maximum Gasteiger partial charge on any atom is 0.305 e. The molecule has 1 atom stereocenters. The Labute approximate surface area is 183 Å². The van der Waals surface area contributed by atoms with Gasteiger partial charge in [0.25, 0.3) is 0 Å². The van der Waals surface area contributed by atoms with Crippen molar-refractivity contribution in [2.24, 2.45) is 5.92 Å². The molecule has 4 rings (SSSR count). The molecule has 8 heteroatoms. The summed E-state index contributed by atoms with van der Waals surface area (Å²) < 4.78 is 5.37. The highest BCUT2D eigenvalue weighted by molar-refractivity contribution is 7.19. The standard InChI is InChI=1S/C23H22N4O3S/c1-14(2)18(10-20(28)29)26-23-27-21(17-4-3-9-24-11-17)22(31-23)16-7-5-15(6-8-16)19-12-25-13-30-19/h3-9,11-14,18H,10H2,1-2H3,(H,26,27)(H,28,29). The number of carbonyl (C=O) groups is 1. The summed E-state index contributed by atoms with van der Waals surface area (Å²) in [5.74, 6) is 0.0177. The number of benzene rings is 1. The van der Waals surface area contributed by atoms with Gasteiger partial charge in [0.05, 0.1) is 23.2 Å². The van der Waals surface area contributed by atoms with E-state index in [1.807, 2.05) is 50.2 Å². The van der Waals surface area contributed by atoms with E-state index in [-0.39, 0.29) is 18.4 Å². The monoisotopic (exact) mass is 434 g/mol. The van der Waals surface area contributed by atoms with Gasteiger partial charge in [0, 0.05) is 29.6 Å². The van der Waals surface area contributed by atoms with E-state index in [4.69, 9.17) is 9.40 Å². The second kappa shape index (κ2) is 9.09. The third-order valence-corrected chi connectivity index (χ3v) is 5.97. The van der Waals surface area contributed by atoms with Crippen LogP contribution in [-0.4, -0.2) is 32.1 Å². The number of hydrogen-bond donors (Lipinski definition) is 2. The van der Waals surface area contributed by atoms with Gasteiger partial charge >= 0.3 is 5.97 Å². The van der Waals surface area contributed by atoms with Crippen LogP contribution < -0.4 is 5.32 Å². The van der Waals surface area contributed by atoms with Crippen molar-refractivity contribution in [3.63, 3.8) is 0 Å². The van der Waals surface area contributed by atoms with Gasteiger partial charge in [-0.3, -0.25) is 9.78 Å². The fourth-order valence-corrected chi connectivity index (χ4v) is 4.28. The number of rotatable bonds is 8. The fourth-order valence-electron chi connectivity index (χ4n) is 3.22. The SMILES string of the molecule is CC(C)C(CC(=O)O)Nc1nc(-c2cccnc2)c(-c2ccc(-c3cnco3)cc2)s1. The van der Waals surface area contributed by atoms with Gasteiger partial charge in [-0.1, -0.05) is 49.4 Å². The summed E-state index contributed by atoms with van der Waals surface area (Å²) in [6.07, 6.45) is 6.62. The minimum atomic E-state index is -0.835. The smallest absolute Gasteiger partial charge is 0.305 e. The Balaban J connectivity index is 1.71. The van der Waals surface area contributed by atoms with Gasteiger partial charge in [0.15, 0.2) is 17.3 Å². The maximum atomic E-state index is 11.3. The molecule has 0 radical (unpaired) electrons. The van der Waals surface area contributed by atoms with Gasteiger partial charge < -0.3 is 14.8 Å². The van der Waals surface area contributed by atoms with E-state index >= 15 is 0 Å². The highest BCUT2D eigenvalue weighted by atomic mass is 32.1. The molecule has 0 aliphatic carbocycles. The number of carboxylic acids is 1. The lowest BCUT2D eigenvalue weighted by Crippen LogP contribution is -2.28. The number of aromatic nitrogens is 3. The van der Waals surface area contributed by atoms with Crippen LogP contribution in [0.2, 0.25) is 0 Å². The summed E-state index contributed by atoms with van der Waals surface area (Å²) in [7, 11) is 0. The van der Waals surface area contributed by atoms with Crippen molar-refractivity contribution in [2.75, 3.05) is 5.32 Å². The number of nitrogens with zero attached hydrogens (tertiary/aromatic N) is 3. The molecule has 158 valence electrons. The first-order valence-electron chi connectivity index (χ1n) is 9.90. The number of aliphatic carboxylic acids is 1. The minimum absolute atomic E-state index is 0.0285. The highest BCUT2D eigenvalue weighted by Gasteiger charge is 2.21. The lowest BCUT2D eigenvalue weighted by Gasteiger charge is -2.19. The molecule has 3 aromatic heterocycles. The van der Waals surface area contributed by atoms with Crippen LogP contribution in [0.5, 0.6) is 0 Å². The topological polar surface area (TPSA) is 101 Å². The molecule has 31 heavy (non-hydrogen) atoms. The molecule has 1 aromatic carbocycles. The summed E-state index contributed by atoms with van der Waals surface area (Å²) in [6.45, 7) is 4.00. The molecular weight excluding hydrogens is 412 g/mol. The predicted molar refractivity (Wildman–Crippen MR) is 121 cm³/mol. The van der Waals surface area contributed by atoms with Crippen molar-refractivity contribution in [3.8, 4) is 33.0 Å². The van der Waals surface area contributed by atoms with E-state index in [0.29, 0.717) is 10.9 Å². The summed E-state index contributed by atoms with van der Waals surface area (Å²) in [5.41, 5.74) is 3.66. The zero-order valence-corrected chi connectivity index (χ0v) is 18.0. The Morgan fingerprint density at radius 3 is 2.48 bits per heavy atom. The first-order valence-corrected chi connectivity index (χ1v) is 10.7. The number of carboxylic acid groups (broad SMARTS) is 1. The number of thiazole rings is 1. The molecule has 1 unspecified atom stereocenters. The van der Waals surface area contributed by atoms with Gasteiger partial charge in [0.2, 0.25) is 0 Å². The molecule has 3 heterocycles. The van der Waals surface area contributed by atoms with Crippen molar-refractivity contribution >= 4 is 22.4 Å². The molecule has 0 fully saturated rings. The first-order chi connectivity index (χ1) is 15.0. The normalized spacial score (nSPS) is 12.1. The van der Waals surface area contributed by atoms with E-state index in [0.717, 1.165) is 27.3 Å². The van der Waals surface area contributed by atoms with Crippen LogP contribution >= 0.6 is 11.3 Å². The van der Waals surface area contributed by atoms with E-state index in [1.54, 1.807) is 18.6 Å². The van der Waals surface area contributed by atoms with E-state index < -0.39 is 5.97 Å². The van der Waals surface area contributed by atoms with Gasteiger partial charge in [-0.05, 0) is 23.6 Å². The number of pyridine rings is 1. The zero-order valence-electron chi connectivity index (χ0n) is 17.1. The van der Waals surface area contributed by atoms with Crippen molar-refractivity contribution in [2.45, 2.75) is 26.3 Å². The molecule has 4 aromatic rings. The third kappa shape index (κ3) is 4.80. The number of hydrogen-bond acceptors (Lipinski definition) is 7. The number of nitrogens with one attached hydrogen (secondary N) is 1. The van der Waals surface area contributed by atoms with E-state index in [9.17, 15) is 9.90 Å². The number of oxazole rings is 1.